The van der Waals surface area contributed by atoms with Crippen molar-refractivity contribution in [3.63, 3.8) is 0 Å². The molecule has 0 bridgehead atoms. The van der Waals surface area contributed by atoms with Gasteiger partial charge in [0.15, 0.2) is 0 Å². The van der Waals surface area contributed by atoms with E-state index in [1.54, 1.807) is 5.32 Å². The lowest BCUT2D eigenvalue weighted by molar-refractivity contribution is -0.161. The van der Waals surface area contributed by atoms with Crippen LogP contribution in [0.1, 0.15) is 71.6 Å². The van der Waals surface area contributed by atoms with E-state index < -0.39 is 30.4 Å². The molecule has 0 fully saturated rings. The molecule has 0 aliphatic heterocycles. The minimum Gasteiger partial charge on any atom is -0.344 e. The van der Waals surface area contributed by atoms with E-state index in [1.807, 2.05) is 0 Å². The standard InChI is InChI=1S/C16H27F4NO/c1-3-4-5-6-7-8-9-10-11-14(17)12-15(16(18,19)20)21-13(2)22/h11,15H,3-10,12H2,1-2H3,(H,21,22). The predicted molar refractivity (Wildman–Crippen MR) is 80.1 cm³/mol. The van der Waals surface area contributed by atoms with Crippen LogP contribution < -0.4 is 5.32 Å². The zero-order valence-electron chi connectivity index (χ0n) is 13.4. The Morgan fingerprint density at radius 2 is 1.64 bits per heavy atom. The maximum absolute atomic E-state index is 13.5. The number of hydrogen-bond acceptors (Lipinski definition) is 1. The number of allylic oxidation sites excluding steroid dienone is 1. The van der Waals surface area contributed by atoms with Crippen LogP contribution in [0.5, 0.6) is 0 Å². The molecule has 0 saturated carbocycles. The molecule has 130 valence electrons. The van der Waals surface area contributed by atoms with Crippen LogP contribution in [0.4, 0.5) is 17.6 Å². The average molecular weight is 325 g/mol. The number of alkyl halides is 3. The second-order valence-corrected chi connectivity index (χ2v) is 5.56. The number of carbonyl (C=O) groups is 1. The molecule has 0 aromatic carbocycles. The van der Waals surface area contributed by atoms with Gasteiger partial charge in [0.25, 0.3) is 0 Å². The zero-order valence-corrected chi connectivity index (χ0v) is 13.4. The summed E-state index contributed by atoms with van der Waals surface area (Å²) in [7, 11) is 0. The first-order chi connectivity index (χ1) is 10.3. The molecule has 0 aromatic heterocycles. The average Bonchev–Trinajstić information content (AvgIpc) is 2.39. The normalized spacial score (nSPS) is 14.0. The molecule has 1 unspecified atom stereocenters. The molecule has 0 heterocycles. The molecule has 1 atom stereocenters. The van der Waals surface area contributed by atoms with Crippen LogP contribution in [-0.4, -0.2) is 18.1 Å². The van der Waals surface area contributed by atoms with Crippen molar-refractivity contribution in [3.05, 3.63) is 11.9 Å². The highest BCUT2D eigenvalue weighted by Crippen LogP contribution is 2.25. The van der Waals surface area contributed by atoms with Crippen LogP contribution in [0, 0.1) is 0 Å². The van der Waals surface area contributed by atoms with Crippen LogP contribution >= 0.6 is 0 Å². The molecule has 0 aromatic rings. The molecule has 2 nitrogen and oxygen atoms in total. The minimum absolute atomic E-state index is 0.435. The van der Waals surface area contributed by atoms with E-state index in [9.17, 15) is 22.4 Å². The van der Waals surface area contributed by atoms with Gasteiger partial charge in [0.1, 0.15) is 6.04 Å². The van der Waals surface area contributed by atoms with E-state index in [0.29, 0.717) is 6.42 Å². The van der Waals surface area contributed by atoms with Crippen molar-refractivity contribution >= 4 is 5.91 Å². The number of amides is 1. The van der Waals surface area contributed by atoms with Crippen molar-refractivity contribution in [1.29, 1.82) is 0 Å². The summed E-state index contributed by atoms with van der Waals surface area (Å²) >= 11 is 0. The monoisotopic (exact) mass is 325 g/mol. The molecular formula is C16H27F4NO. The number of rotatable bonds is 11. The number of unbranched alkanes of at least 4 members (excludes halogenated alkanes) is 7. The number of carbonyl (C=O) groups excluding carboxylic acids is 1. The van der Waals surface area contributed by atoms with Gasteiger partial charge in [-0.05, 0) is 12.8 Å². The van der Waals surface area contributed by atoms with E-state index in [4.69, 9.17) is 0 Å². The summed E-state index contributed by atoms with van der Waals surface area (Å²) in [4.78, 5) is 10.7. The van der Waals surface area contributed by atoms with E-state index >= 15 is 0 Å². The number of halogens is 4. The molecule has 0 aliphatic rings. The van der Waals surface area contributed by atoms with Crippen LogP contribution in [-0.2, 0) is 4.79 Å². The van der Waals surface area contributed by atoms with Gasteiger partial charge >= 0.3 is 6.18 Å². The first-order valence-corrected chi connectivity index (χ1v) is 7.95. The largest absolute Gasteiger partial charge is 0.409 e. The van der Waals surface area contributed by atoms with E-state index in [-0.39, 0.29) is 0 Å². The van der Waals surface area contributed by atoms with E-state index in [2.05, 4.69) is 6.92 Å². The van der Waals surface area contributed by atoms with Gasteiger partial charge in [-0.3, -0.25) is 4.79 Å². The van der Waals surface area contributed by atoms with Crippen molar-refractivity contribution in [2.45, 2.75) is 83.9 Å². The third-order valence-electron chi connectivity index (χ3n) is 3.35. The molecule has 1 N–H and O–H groups in total. The first kappa shape index (κ1) is 20.9. The summed E-state index contributed by atoms with van der Waals surface area (Å²) in [6.45, 7) is 3.13. The summed E-state index contributed by atoms with van der Waals surface area (Å²) in [5, 5.41) is 1.74. The van der Waals surface area contributed by atoms with Gasteiger partial charge in [-0.15, -0.1) is 0 Å². The molecule has 0 rings (SSSR count). The smallest absolute Gasteiger partial charge is 0.344 e. The van der Waals surface area contributed by atoms with Gasteiger partial charge in [0.05, 0.1) is 5.83 Å². The highest BCUT2D eigenvalue weighted by molar-refractivity contribution is 5.73. The summed E-state index contributed by atoms with van der Waals surface area (Å²) in [6.07, 6.45) is 3.72. The summed E-state index contributed by atoms with van der Waals surface area (Å²) in [5.74, 6) is -1.63. The molecule has 0 saturated heterocycles. The fourth-order valence-electron chi connectivity index (χ4n) is 2.13. The van der Waals surface area contributed by atoms with Crippen LogP contribution in [0.3, 0.4) is 0 Å². The highest BCUT2D eigenvalue weighted by atomic mass is 19.4. The second kappa shape index (κ2) is 11.5. The maximum Gasteiger partial charge on any atom is 0.409 e. The second-order valence-electron chi connectivity index (χ2n) is 5.56. The fourth-order valence-corrected chi connectivity index (χ4v) is 2.13. The summed E-state index contributed by atoms with van der Waals surface area (Å²) < 4.78 is 51.4. The van der Waals surface area contributed by atoms with Gasteiger partial charge in [0, 0.05) is 13.3 Å². The first-order valence-electron chi connectivity index (χ1n) is 7.95. The Kier molecular flexibility index (Phi) is 10.9. The number of hydrogen-bond donors (Lipinski definition) is 1. The topological polar surface area (TPSA) is 29.1 Å². The molecular weight excluding hydrogens is 298 g/mol. The maximum atomic E-state index is 13.5. The number of nitrogens with one attached hydrogen (secondary N) is 1. The minimum atomic E-state index is -4.64. The quantitative estimate of drug-likeness (QED) is 0.398. The highest BCUT2D eigenvalue weighted by Gasteiger charge is 2.40. The Bertz CT molecular complexity index is 340. The van der Waals surface area contributed by atoms with Gasteiger partial charge in [-0.25, -0.2) is 4.39 Å². The lowest BCUT2D eigenvalue weighted by atomic mass is 10.1. The lowest BCUT2D eigenvalue weighted by Crippen LogP contribution is -2.44. The Morgan fingerprint density at radius 3 is 2.14 bits per heavy atom. The Hall–Kier alpha value is -1.07. The third kappa shape index (κ3) is 11.6. The molecule has 6 heteroatoms. The van der Waals surface area contributed by atoms with E-state index in [0.717, 1.165) is 32.6 Å². The van der Waals surface area contributed by atoms with Gasteiger partial charge in [-0.1, -0.05) is 51.5 Å². The summed E-state index contributed by atoms with van der Waals surface area (Å²) in [6, 6.07) is -2.16. The summed E-state index contributed by atoms with van der Waals surface area (Å²) in [5.41, 5.74) is 0. The van der Waals surface area contributed by atoms with E-state index in [1.165, 1.54) is 25.3 Å². The predicted octanol–water partition coefficient (Wildman–Crippen LogP) is 5.44. The van der Waals surface area contributed by atoms with Gasteiger partial charge in [-0.2, -0.15) is 13.2 Å². The SMILES string of the molecule is CCCCCCCCCC=C(F)CC(NC(C)=O)C(F)(F)F. The Balaban J connectivity index is 4.01. The van der Waals surface area contributed by atoms with Crippen molar-refractivity contribution in [3.8, 4) is 0 Å². The van der Waals surface area contributed by atoms with Gasteiger partial charge < -0.3 is 5.32 Å². The third-order valence-corrected chi connectivity index (χ3v) is 3.35. The van der Waals surface area contributed by atoms with Crippen LogP contribution in [0.25, 0.3) is 0 Å². The van der Waals surface area contributed by atoms with Crippen LogP contribution in [0.15, 0.2) is 11.9 Å². The Labute approximate surface area is 130 Å². The molecule has 0 spiro atoms. The fraction of sp³-hybridized carbons (Fsp3) is 0.812. The van der Waals surface area contributed by atoms with Crippen molar-refractivity contribution < 1.29 is 22.4 Å². The van der Waals surface area contributed by atoms with Crippen molar-refractivity contribution in [2.75, 3.05) is 0 Å². The molecule has 1 amide bonds. The lowest BCUT2D eigenvalue weighted by Gasteiger charge is -2.20. The van der Waals surface area contributed by atoms with Gasteiger partial charge in [0.2, 0.25) is 5.91 Å². The zero-order chi connectivity index (χ0) is 17.0. The molecule has 22 heavy (non-hydrogen) atoms. The Morgan fingerprint density at radius 1 is 1.09 bits per heavy atom. The molecule has 0 aliphatic carbocycles. The van der Waals surface area contributed by atoms with Crippen molar-refractivity contribution in [1.82, 2.24) is 5.32 Å². The van der Waals surface area contributed by atoms with Crippen LogP contribution in [0.2, 0.25) is 0 Å². The molecule has 0 radical (unpaired) electrons. The van der Waals surface area contributed by atoms with Crippen molar-refractivity contribution in [2.24, 2.45) is 0 Å².